The van der Waals surface area contributed by atoms with E-state index in [1.165, 1.54) is 18.2 Å². The Morgan fingerprint density at radius 2 is 1.52 bits per heavy atom. The Morgan fingerprint density at radius 3 is 1.97 bits per heavy atom. The van der Waals surface area contributed by atoms with E-state index in [1.54, 1.807) is 12.1 Å². The van der Waals surface area contributed by atoms with E-state index in [1.807, 2.05) is 0 Å². The summed E-state index contributed by atoms with van der Waals surface area (Å²) in [6.45, 7) is 10.2. The van der Waals surface area contributed by atoms with Crippen molar-refractivity contribution in [1.82, 2.24) is 0 Å². The van der Waals surface area contributed by atoms with Crippen LogP contribution < -0.4 is 0 Å². The topological polar surface area (TPSA) is 63.6 Å². The third-order valence-electron chi connectivity index (χ3n) is 5.80. The van der Waals surface area contributed by atoms with Gasteiger partial charge in [0.15, 0.2) is 29.8 Å². The van der Waals surface area contributed by atoms with Crippen molar-refractivity contribution in [1.29, 1.82) is 0 Å². The molecule has 0 heterocycles. The number of sulfone groups is 1. The van der Waals surface area contributed by atoms with Gasteiger partial charge in [0, 0.05) is 6.26 Å². The zero-order valence-electron chi connectivity index (χ0n) is 18.8. The van der Waals surface area contributed by atoms with Crippen molar-refractivity contribution >= 4 is 29.3 Å². The molecule has 1 N–H and O–H groups in total. The summed E-state index contributed by atoms with van der Waals surface area (Å²) in [6.07, 6.45) is 1.12. The third-order valence-corrected chi connectivity index (χ3v) is 11.4. The number of aliphatic hydroxyl groups excluding tert-OH is 1. The van der Waals surface area contributed by atoms with E-state index in [0.29, 0.717) is 22.3 Å². The minimum absolute atomic E-state index is 0.0668. The molecule has 31 heavy (non-hydrogen) atoms. The van der Waals surface area contributed by atoms with Gasteiger partial charge in [-0.1, -0.05) is 39.0 Å². The smallest absolute Gasteiger partial charge is 0.192 e. The van der Waals surface area contributed by atoms with Crippen molar-refractivity contribution in [3.63, 3.8) is 0 Å². The van der Waals surface area contributed by atoms with Crippen LogP contribution in [0.2, 0.25) is 18.1 Å². The van der Waals surface area contributed by atoms with Crippen molar-refractivity contribution < 1.29 is 26.7 Å². The molecule has 0 unspecified atom stereocenters. The molecule has 0 spiro atoms. The van der Waals surface area contributed by atoms with Crippen LogP contribution in [-0.2, 0) is 14.3 Å². The molecule has 2 aromatic carbocycles. The Kier molecular flexibility index (Phi) is 7.63. The molecule has 0 amide bonds. The standard InChI is InChI=1S/C23H30F2O4SSi/c1-23(2,3)31(5,6)29-15-20(17-9-12-21(24)22(25)13-17)19(14-26)16-7-10-18(11-8-16)30(4,27)28/h7-13,26H,14-15H2,1-6H3. The van der Waals surface area contributed by atoms with Crippen LogP contribution in [0.25, 0.3) is 11.1 Å². The van der Waals surface area contributed by atoms with Gasteiger partial charge in [-0.2, -0.15) is 0 Å². The molecule has 0 aliphatic heterocycles. The van der Waals surface area contributed by atoms with Crippen LogP contribution in [0, 0.1) is 11.6 Å². The van der Waals surface area contributed by atoms with Gasteiger partial charge in [-0.25, -0.2) is 17.2 Å². The maximum Gasteiger partial charge on any atom is 0.192 e. The third kappa shape index (κ3) is 6.09. The minimum atomic E-state index is -3.37. The average Bonchev–Trinajstić information content (AvgIpc) is 2.66. The summed E-state index contributed by atoms with van der Waals surface area (Å²) in [5.74, 6) is -1.96. The molecule has 0 atom stereocenters. The lowest BCUT2D eigenvalue weighted by Gasteiger charge is -2.36. The van der Waals surface area contributed by atoms with Crippen molar-refractivity contribution in [2.75, 3.05) is 19.5 Å². The van der Waals surface area contributed by atoms with Gasteiger partial charge >= 0.3 is 0 Å². The van der Waals surface area contributed by atoms with E-state index in [2.05, 4.69) is 33.9 Å². The first-order valence-corrected chi connectivity index (χ1v) is 14.7. The second kappa shape index (κ2) is 9.32. The number of hydrogen-bond donors (Lipinski definition) is 1. The average molecular weight is 469 g/mol. The molecular formula is C23H30F2O4SSi. The van der Waals surface area contributed by atoms with E-state index >= 15 is 0 Å². The second-order valence-electron chi connectivity index (χ2n) is 9.09. The molecule has 2 aromatic rings. The molecule has 4 nitrogen and oxygen atoms in total. The maximum absolute atomic E-state index is 14.0. The van der Waals surface area contributed by atoms with Gasteiger partial charge in [-0.3, -0.25) is 0 Å². The van der Waals surface area contributed by atoms with Gasteiger partial charge < -0.3 is 9.53 Å². The van der Waals surface area contributed by atoms with Crippen LogP contribution in [-0.4, -0.2) is 41.3 Å². The van der Waals surface area contributed by atoms with Gasteiger partial charge in [0.2, 0.25) is 0 Å². The molecule has 8 heteroatoms. The Hall–Kier alpha value is -1.87. The summed E-state index contributed by atoms with van der Waals surface area (Å²) < 4.78 is 57.4. The molecule has 0 aromatic heterocycles. The SMILES string of the molecule is CC(C)(C)[Si](C)(C)OCC(=C(CO)c1ccc(S(C)(=O)=O)cc1)c1ccc(F)c(F)c1. The van der Waals surface area contributed by atoms with Gasteiger partial charge in [0.05, 0.1) is 18.1 Å². The first kappa shape index (κ1) is 25.4. The highest BCUT2D eigenvalue weighted by molar-refractivity contribution is 7.90. The molecule has 0 radical (unpaired) electrons. The number of halogens is 2. The van der Waals surface area contributed by atoms with Crippen molar-refractivity contribution in [2.45, 2.75) is 43.8 Å². The summed E-state index contributed by atoms with van der Waals surface area (Å²) in [7, 11) is -5.55. The van der Waals surface area contributed by atoms with Gasteiger partial charge in [-0.05, 0) is 64.7 Å². The summed E-state index contributed by atoms with van der Waals surface area (Å²) in [4.78, 5) is 0.153. The van der Waals surface area contributed by atoms with Gasteiger partial charge in [-0.15, -0.1) is 0 Å². The molecule has 0 saturated heterocycles. The number of aliphatic hydroxyl groups is 1. The number of hydrogen-bond acceptors (Lipinski definition) is 4. The zero-order chi connectivity index (χ0) is 23.6. The number of benzene rings is 2. The van der Waals surface area contributed by atoms with E-state index < -0.39 is 29.8 Å². The highest BCUT2D eigenvalue weighted by atomic mass is 32.2. The monoisotopic (exact) mass is 468 g/mol. The van der Waals surface area contributed by atoms with Crippen molar-refractivity contribution in [3.05, 3.63) is 65.2 Å². The van der Waals surface area contributed by atoms with Crippen LogP contribution in [0.1, 0.15) is 31.9 Å². The Labute approximate surface area is 184 Å². The predicted octanol–water partition coefficient (Wildman–Crippen LogP) is 5.29. The van der Waals surface area contributed by atoms with Crippen LogP contribution in [0.3, 0.4) is 0 Å². The lowest BCUT2D eigenvalue weighted by molar-refractivity contribution is 0.330. The van der Waals surface area contributed by atoms with E-state index in [9.17, 15) is 22.3 Å². The van der Waals surface area contributed by atoms with Crippen LogP contribution >= 0.6 is 0 Å². The van der Waals surface area contributed by atoms with Gasteiger partial charge in [0.25, 0.3) is 0 Å². The summed E-state index contributed by atoms with van der Waals surface area (Å²) in [5, 5.41) is 10.1. The quantitative estimate of drug-likeness (QED) is 0.443. The Morgan fingerprint density at radius 1 is 0.968 bits per heavy atom. The van der Waals surface area contributed by atoms with Crippen molar-refractivity contribution in [2.24, 2.45) is 0 Å². The molecule has 0 fully saturated rings. The highest BCUT2D eigenvalue weighted by Crippen LogP contribution is 2.38. The Bertz CT molecular complexity index is 1070. The summed E-state index contributed by atoms with van der Waals surface area (Å²) in [5.41, 5.74) is 1.96. The van der Waals surface area contributed by atoms with Crippen molar-refractivity contribution in [3.8, 4) is 0 Å². The fraction of sp³-hybridized carbons (Fsp3) is 0.391. The normalized spacial score (nSPS) is 13.8. The summed E-state index contributed by atoms with van der Waals surface area (Å²) >= 11 is 0. The molecular weight excluding hydrogens is 438 g/mol. The van der Waals surface area contributed by atoms with Crippen LogP contribution in [0.15, 0.2) is 47.4 Å². The van der Waals surface area contributed by atoms with E-state index in [4.69, 9.17) is 4.43 Å². The Balaban J connectivity index is 2.62. The number of rotatable bonds is 7. The van der Waals surface area contributed by atoms with E-state index in [-0.39, 0.29) is 23.1 Å². The van der Waals surface area contributed by atoms with Crippen LogP contribution in [0.5, 0.6) is 0 Å². The first-order valence-electron chi connectivity index (χ1n) is 9.90. The lowest BCUT2D eigenvalue weighted by atomic mass is 9.95. The van der Waals surface area contributed by atoms with E-state index in [0.717, 1.165) is 18.4 Å². The fourth-order valence-corrected chi connectivity index (χ4v) is 4.33. The molecule has 0 saturated carbocycles. The minimum Gasteiger partial charge on any atom is -0.413 e. The lowest BCUT2D eigenvalue weighted by Crippen LogP contribution is -2.41. The molecule has 2 rings (SSSR count). The predicted molar refractivity (Wildman–Crippen MR) is 123 cm³/mol. The largest absolute Gasteiger partial charge is 0.413 e. The molecule has 0 aliphatic rings. The first-order chi connectivity index (χ1) is 14.2. The fourth-order valence-electron chi connectivity index (χ4n) is 2.76. The zero-order valence-corrected chi connectivity index (χ0v) is 20.6. The highest BCUT2D eigenvalue weighted by Gasteiger charge is 2.37. The molecule has 170 valence electrons. The molecule has 0 bridgehead atoms. The summed E-state index contributed by atoms with van der Waals surface area (Å²) in [6, 6.07) is 9.67. The van der Waals surface area contributed by atoms with Crippen LogP contribution in [0.4, 0.5) is 8.78 Å². The van der Waals surface area contributed by atoms with Gasteiger partial charge in [0.1, 0.15) is 0 Å². The maximum atomic E-state index is 14.0. The second-order valence-corrected chi connectivity index (χ2v) is 15.9. The molecule has 0 aliphatic carbocycles.